The smallest absolute Gasteiger partial charge is 0.332 e. The lowest BCUT2D eigenvalue weighted by Crippen LogP contribution is -2.25. The van der Waals surface area contributed by atoms with Gasteiger partial charge in [-0.3, -0.25) is 0 Å². The summed E-state index contributed by atoms with van der Waals surface area (Å²) in [6.45, 7) is 1.88. The van der Waals surface area contributed by atoms with Crippen LogP contribution in [0.15, 0.2) is 29.2 Å². The molecule has 0 aliphatic carbocycles. The summed E-state index contributed by atoms with van der Waals surface area (Å²) in [5.41, 5.74) is 0.988. The monoisotopic (exact) mass is 284 g/mol. The molecule has 1 N–H and O–H groups in total. The zero-order valence-corrected chi connectivity index (χ0v) is 11.4. The Morgan fingerprint density at radius 3 is 2.47 bits per heavy atom. The van der Waals surface area contributed by atoms with Crippen molar-refractivity contribution in [3.63, 3.8) is 0 Å². The van der Waals surface area contributed by atoms with Crippen molar-refractivity contribution in [2.24, 2.45) is 0 Å². The average molecular weight is 284 g/mol. The highest BCUT2D eigenvalue weighted by atomic mass is 32.2. The number of hydrogen-bond donors (Lipinski definition) is 1. The first kappa shape index (κ1) is 14.0. The third-order valence-corrected chi connectivity index (χ3v) is 4.97. The second kappa shape index (κ2) is 5.30. The zero-order valence-electron chi connectivity index (χ0n) is 10.6. The molecular weight excluding hydrogens is 268 g/mol. The molecule has 1 saturated heterocycles. The summed E-state index contributed by atoms with van der Waals surface area (Å²) in [6, 6.07) is 6.60. The normalized spacial score (nSPS) is 23.4. The van der Waals surface area contributed by atoms with E-state index in [9.17, 15) is 13.2 Å². The SMILES string of the molecule is Cc1ccc(S(=O)(=O)CC2CCC(C(=O)O)O2)cc1. The van der Waals surface area contributed by atoms with Gasteiger partial charge in [-0.15, -0.1) is 0 Å². The summed E-state index contributed by atoms with van der Waals surface area (Å²) in [7, 11) is -3.43. The topological polar surface area (TPSA) is 80.7 Å². The number of aliphatic carboxylic acids is 1. The fraction of sp³-hybridized carbons (Fsp3) is 0.462. The minimum absolute atomic E-state index is 0.167. The van der Waals surface area contributed by atoms with E-state index < -0.39 is 28.0 Å². The van der Waals surface area contributed by atoms with Crippen molar-refractivity contribution < 1.29 is 23.1 Å². The summed E-state index contributed by atoms with van der Waals surface area (Å²) in [5.74, 6) is -1.20. The van der Waals surface area contributed by atoms with Gasteiger partial charge in [0.2, 0.25) is 0 Å². The largest absolute Gasteiger partial charge is 0.479 e. The van der Waals surface area contributed by atoms with Crippen LogP contribution in [0.3, 0.4) is 0 Å². The number of carboxylic acid groups (broad SMARTS) is 1. The molecule has 104 valence electrons. The van der Waals surface area contributed by atoms with E-state index in [4.69, 9.17) is 9.84 Å². The van der Waals surface area contributed by atoms with E-state index >= 15 is 0 Å². The molecule has 19 heavy (non-hydrogen) atoms. The van der Waals surface area contributed by atoms with Crippen LogP contribution in [-0.2, 0) is 19.4 Å². The van der Waals surface area contributed by atoms with Gasteiger partial charge in [0.25, 0.3) is 0 Å². The molecule has 6 heteroatoms. The van der Waals surface area contributed by atoms with E-state index in [2.05, 4.69) is 0 Å². The Balaban J connectivity index is 2.06. The average Bonchev–Trinajstić information content (AvgIpc) is 2.77. The molecule has 0 radical (unpaired) electrons. The number of sulfone groups is 1. The molecule has 0 spiro atoms. The van der Waals surface area contributed by atoms with Crippen LogP contribution in [0.2, 0.25) is 0 Å². The van der Waals surface area contributed by atoms with Crippen LogP contribution in [0.5, 0.6) is 0 Å². The Bertz CT molecular complexity index is 561. The molecule has 5 nitrogen and oxygen atoms in total. The van der Waals surface area contributed by atoms with E-state index in [1.54, 1.807) is 24.3 Å². The van der Waals surface area contributed by atoms with Crippen molar-refractivity contribution in [3.05, 3.63) is 29.8 Å². The van der Waals surface area contributed by atoms with Gasteiger partial charge in [0.15, 0.2) is 15.9 Å². The van der Waals surface area contributed by atoms with Gasteiger partial charge in [-0.25, -0.2) is 13.2 Å². The van der Waals surface area contributed by atoms with Crippen LogP contribution in [-0.4, -0.2) is 37.5 Å². The number of benzene rings is 1. The van der Waals surface area contributed by atoms with Crippen LogP contribution in [0.4, 0.5) is 0 Å². The second-order valence-corrected chi connectivity index (χ2v) is 6.79. The molecule has 1 aromatic rings. The number of ether oxygens (including phenoxy) is 1. The molecule has 1 heterocycles. The lowest BCUT2D eigenvalue weighted by atomic mass is 10.2. The van der Waals surface area contributed by atoms with Crippen LogP contribution in [0, 0.1) is 6.92 Å². The minimum Gasteiger partial charge on any atom is -0.479 e. The summed E-state index contributed by atoms with van der Waals surface area (Å²) in [4.78, 5) is 11.0. The van der Waals surface area contributed by atoms with Crippen molar-refractivity contribution in [2.45, 2.75) is 36.9 Å². The minimum atomic E-state index is -3.43. The molecular formula is C13H16O5S. The maximum Gasteiger partial charge on any atom is 0.332 e. The van der Waals surface area contributed by atoms with Gasteiger partial charge in [0.1, 0.15) is 0 Å². The van der Waals surface area contributed by atoms with Gasteiger partial charge >= 0.3 is 5.97 Å². The van der Waals surface area contributed by atoms with E-state index in [-0.39, 0.29) is 10.6 Å². The molecule has 1 fully saturated rings. The summed E-state index contributed by atoms with van der Waals surface area (Å²) in [6.07, 6.45) is -0.587. The predicted octanol–water partition coefficient (Wildman–Crippen LogP) is 1.40. The van der Waals surface area contributed by atoms with Crippen LogP contribution in [0.25, 0.3) is 0 Å². The highest BCUT2D eigenvalue weighted by Gasteiger charge is 2.33. The number of carboxylic acids is 1. The second-order valence-electron chi connectivity index (χ2n) is 4.76. The molecule has 0 saturated carbocycles. The van der Waals surface area contributed by atoms with E-state index in [1.807, 2.05) is 6.92 Å². The number of carbonyl (C=O) groups is 1. The van der Waals surface area contributed by atoms with Gasteiger partial charge in [-0.1, -0.05) is 17.7 Å². The first-order valence-corrected chi connectivity index (χ1v) is 7.71. The van der Waals surface area contributed by atoms with Crippen LogP contribution < -0.4 is 0 Å². The molecule has 1 aliphatic rings. The lowest BCUT2D eigenvalue weighted by Gasteiger charge is -2.12. The van der Waals surface area contributed by atoms with Gasteiger partial charge < -0.3 is 9.84 Å². The van der Waals surface area contributed by atoms with Crippen LogP contribution >= 0.6 is 0 Å². The van der Waals surface area contributed by atoms with Crippen molar-refractivity contribution in [1.29, 1.82) is 0 Å². The van der Waals surface area contributed by atoms with Crippen molar-refractivity contribution >= 4 is 15.8 Å². The lowest BCUT2D eigenvalue weighted by molar-refractivity contribution is -0.148. The van der Waals surface area contributed by atoms with Crippen molar-refractivity contribution in [3.8, 4) is 0 Å². The zero-order chi connectivity index (χ0) is 14.0. The molecule has 1 aromatic carbocycles. The van der Waals surface area contributed by atoms with Crippen molar-refractivity contribution in [1.82, 2.24) is 0 Å². The Morgan fingerprint density at radius 2 is 1.95 bits per heavy atom. The summed E-state index contributed by atoms with van der Waals surface area (Å²) < 4.78 is 29.5. The Kier molecular flexibility index (Phi) is 3.91. The first-order valence-electron chi connectivity index (χ1n) is 6.06. The van der Waals surface area contributed by atoms with E-state index in [0.29, 0.717) is 12.8 Å². The fourth-order valence-corrected chi connectivity index (χ4v) is 3.57. The van der Waals surface area contributed by atoms with Crippen LogP contribution in [0.1, 0.15) is 18.4 Å². The molecule has 2 unspecified atom stereocenters. The number of hydrogen-bond acceptors (Lipinski definition) is 4. The van der Waals surface area contributed by atoms with Gasteiger partial charge in [-0.2, -0.15) is 0 Å². The van der Waals surface area contributed by atoms with Gasteiger partial charge in [0, 0.05) is 0 Å². The fourth-order valence-electron chi connectivity index (χ4n) is 2.10. The number of rotatable bonds is 4. The van der Waals surface area contributed by atoms with Gasteiger partial charge in [0.05, 0.1) is 16.8 Å². The highest BCUT2D eigenvalue weighted by Crippen LogP contribution is 2.23. The number of aryl methyl sites for hydroxylation is 1. The third kappa shape index (κ3) is 3.33. The van der Waals surface area contributed by atoms with E-state index in [0.717, 1.165) is 5.56 Å². The van der Waals surface area contributed by atoms with Crippen molar-refractivity contribution in [2.75, 3.05) is 5.75 Å². The Morgan fingerprint density at radius 1 is 1.32 bits per heavy atom. The molecule has 1 aliphatic heterocycles. The molecule has 0 bridgehead atoms. The summed E-state index contributed by atoms with van der Waals surface area (Å²) >= 11 is 0. The third-order valence-electron chi connectivity index (χ3n) is 3.17. The maximum absolute atomic E-state index is 12.1. The van der Waals surface area contributed by atoms with Gasteiger partial charge in [-0.05, 0) is 31.9 Å². The highest BCUT2D eigenvalue weighted by molar-refractivity contribution is 7.91. The predicted molar refractivity (Wildman–Crippen MR) is 68.8 cm³/mol. The Labute approximate surface area is 112 Å². The maximum atomic E-state index is 12.1. The molecule has 0 aromatic heterocycles. The quantitative estimate of drug-likeness (QED) is 0.904. The summed E-state index contributed by atoms with van der Waals surface area (Å²) in [5, 5.41) is 8.80. The Hall–Kier alpha value is -1.40. The standard InChI is InChI=1S/C13H16O5S/c1-9-2-5-11(6-3-9)19(16,17)8-10-4-7-12(18-10)13(14)15/h2-3,5-6,10,12H,4,7-8H2,1H3,(H,14,15). The first-order chi connectivity index (χ1) is 8.88. The molecule has 2 rings (SSSR count). The van der Waals surface area contributed by atoms with E-state index in [1.165, 1.54) is 0 Å². The molecule has 0 amide bonds. The molecule has 2 atom stereocenters.